The highest BCUT2D eigenvalue weighted by atomic mass is 127. The normalized spacial score (nSPS) is 13.7. The molecule has 2 unspecified atom stereocenters. The zero-order valence-electron chi connectivity index (χ0n) is 13.9. The monoisotopic (exact) mass is 439 g/mol. The first-order chi connectivity index (χ1) is 10.5. The fourth-order valence-electron chi connectivity index (χ4n) is 1.67. The Morgan fingerprint density at radius 2 is 1.91 bits per heavy atom. The first kappa shape index (κ1) is 21.9. The zero-order chi connectivity index (χ0) is 16.4. The van der Waals surface area contributed by atoms with E-state index in [9.17, 15) is 4.39 Å². The Morgan fingerprint density at radius 3 is 2.48 bits per heavy atom. The number of guanidine groups is 1. The predicted molar refractivity (Wildman–Crippen MR) is 102 cm³/mol. The number of rotatable bonds is 8. The molecular formula is C16H27FIN3O2. The quantitative estimate of drug-likeness (QED) is 0.331. The van der Waals surface area contributed by atoms with Crippen molar-refractivity contribution in [3.05, 3.63) is 30.1 Å². The topological polar surface area (TPSA) is 65.9 Å². The number of hydrogen-bond donors (Lipinski definition) is 3. The minimum Gasteiger partial charge on any atom is -0.489 e. The summed E-state index contributed by atoms with van der Waals surface area (Å²) in [6.07, 6.45) is -0.0930. The Bertz CT molecular complexity index is 457. The lowest BCUT2D eigenvalue weighted by Crippen LogP contribution is -2.42. The second-order valence-electron chi connectivity index (χ2n) is 5.27. The van der Waals surface area contributed by atoms with Crippen LogP contribution in [0.25, 0.3) is 0 Å². The molecule has 0 saturated carbocycles. The Balaban J connectivity index is 0.00000484. The van der Waals surface area contributed by atoms with E-state index in [2.05, 4.69) is 15.6 Å². The number of hydrogen-bond acceptors (Lipinski definition) is 3. The van der Waals surface area contributed by atoms with Crippen LogP contribution in [0.15, 0.2) is 29.3 Å². The van der Waals surface area contributed by atoms with Crippen LogP contribution in [0.4, 0.5) is 4.39 Å². The van der Waals surface area contributed by atoms with Crippen molar-refractivity contribution in [1.82, 2.24) is 10.6 Å². The van der Waals surface area contributed by atoms with Gasteiger partial charge in [-0.05, 0) is 44.0 Å². The minimum atomic E-state index is -0.280. The van der Waals surface area contributed by atoms with Crippen LogP contribution in [0.1, 0.15) is 20.8 Å². The largest absolute Gasteiger partial charge is 0.489 e. The van der Waals surface area contributed by atoms with Crippen LogP contribution in [0.3, 0.4) is 0 Å². The molecule has 0 heterocycles. The SMILES string of the molecule is CCNC(=NCC(C)CO)NCC(C)Oc1ccc(F)cc1.I. The maximum atomic E-state index is 12.8. The summed E-state index contributed by atoms with van der Waals surface area (Å²) in [6, 6.07) is 5.96. The van der Waals surface area contributed by atoms with Gasteiger partial charge in [0.2, 0.25) is 0 Å². The summed E-state index contributed by atoms with van der Waals surface area (Å²) in [4.78, 5) is 4.40. The summed E-state index contributed by atoms with van der Waals surface area (Å²) >= 11 is 0. The van der Waals surface area contributed by atoms with E-state index in [1.807, 2.05) is 20.8 Å². The first-order valence-electron chi connectivity index (χ1n) is 7.60. The Labute approximate surface area is 154 Å². The van der Waals surface area contributed by atoms with Gasteiger partial charge in [0.25, 0.3) is 0 Å². The average molecular weight is 439 g/mol. The molecule has 0 fully saturated rings. The molecule has 1 aromatic rings. The molecule has 0 bridgehead atoms. The van der Waals surface area contributed by atoms with E-state index in [1.165, 1.54) is 12.1 Å². The van der Waals surface area contributed by atoms with E-state index in [-0.39, 0.29) is 48.4 Å². The molecular weight excluding hydrogens is 412 g/mol. The van der Waals surface area contributed by atoms with Crippen molar-refractivity contribution in [2.45, 2.75) is 26.9 Å². The summed E-state index contributed by atoms with van der Waals surface area (Å²) in [5, 5.41) is 15.4. The van der Waals surface area contributed by atoms with Gasteiger partial charge in [0.1, 0.15) is 17.7 Å². The number of benzene rings is 1. The predicted octanol–water partition coefficient (Wildman–Crippen LogP) is 2.39. The third kappa shape index (κ3) is 9.60. The molecule has 1 aromatic carbocycles. The summed E-state index contributed by atoms with van der Waals surface area (Å²) in [5.41, 5.74) is 0. The minimum absolute atomic E-state index is 0. The smallest absolute Gasteiger partial charge is 0.191 e. The van der Waals surface area contributed by atoms with E-state index in [4.69, 9.17) is 9.84 Å². The number of nitrogens with zero attached hydrogens (tertiary/aromatic N) is 1. The lowest BCUT2D eigenvalue weighted by molar-refractivity contribution is 0.223. The molecule has 0 aliphatic heterocycles. The molecule has 2 atom stereocenters. The Hall–Kier alpha value is -1.09. The van der Waals surface area contributed by atoms with Gasteiger partial charge in [-0.3, -0.25) is 4.99 Å². The van der Waals surface area contributed by atoms with E-state index in [1.54, 1.807) is 12.1 Å². The van der Waals surface area contributed by atoms with Crippen LogP contribution < -0.4 is 15.4 Å². The van der Waals surface area contributed by atoms with E-state index in [0.29, 0.717) is 24.8 Å². The number of aliphatic hydroxyl groups excluding tert-OH is 1. The second kappa shape index (κ2) is 12.3. The zero-order valence-corrected chi connectivity index (χ0v) is 16.2. The van der Waals surface area contributed by atoms with Gasteiger partial charge in [0.05, 0.1) is 6.54 Å². The van der Waals surface area contributed by atoms with Crippen LogP contribution in [-0.2, 0) is 0 Å². The molecule has 0 aliphatic carbocycles. The van der Waals surface area contributed by atoms with Gasteiger partial charge in [0.15, 0.2) is 5.96 Å². The molecule has 0 spiro atoms. The lowest BCUT2D eigenvalue weighted by atomic mass is 10.2. The maximum absolute atomic E-state index is 12.8. The van der Waals surface area contributed by atoms with Crippen molar-refractivity contribution >= 4 is 29.9 Å². The van der Waals surface area contributed by atoms with Gasteiger partial charge in [-0.1, -0.05) is 6.92 Å². The number of aliphatic imine (C=N–C) groups is 1. The number of nitrogens with one attached hydrogen (secondary N) is 2. The highest BCUT2D eigenvalue weighted by Crippen LogP contribution is 2.12. The van der Waals surface area contributed by atoms with Gasteiger partial charge >= 0.3 is 0 Å². The van der Waals surface area contributed by atoms with Crippen LogP contribution in [-0.4, -0.2) is 43.4 Å². The van der Waals surface area contributed by atoms with E-state index in [0.717, 1.165) is 6.54 Å². The molecule has 1 rings (SSSR count). The van der Waals surface area contributed by atoms with Gasteiger partial charge in [-0.2, -0.15) is 0 Å². The summed E-state index contributed by atoms with van der Waals surface area (Å²) in [6.45, 7) is 7.85. The molecule has 5 nitrogen and oxygen atoms in total. The van der Waals surface area contributed by atoms with Crippen molar-refractivity contribution in [2.24, 2.45) is 10.9 Å². The lowest BCUT2D eigenvalue weighted by Gasteiger charge is -2.18. The molecule has 0 saturated heterocycles. The molecule has 0 amide bonds. The van der Waals surface area contributed by atoms with Crippen LogP contribution in [0, 0.1) is 11.7 Å². The fourth-order valence-corrected chi connectivity index (χ4v) is 1.67. The van der Waals surface area contributed by atoms with Crippen molar-refractivity contribution in [2.75, 3.05) is 26.2 Å². The summed E-state index contributed by atoms with van der Waals surface area (Å²) in [7, 11) is 0. The summed E-state index contributed by atoms with van der Waals surface area (Å²) in [5.74, 6) is 1.17. The average Bonchev–Trinajstić information content (AvgIpc) is 2.52. The van der Waals surface area contributed by atoms with Crippen LogP contribution >= 0.6 is 24.0 Å². The van der Waals surface area contributed by atoms with Gasteiger partial charge < -0.3 is 20.5 Å². The highest BCUT2D eigenvalue weighted by molar-refractivity contribution is 14.0. The van der Waals surface area contributed by atoms with Crippen LogP contribution in [0.5, 0.6) is 5.75 Å². The van der Waals surface area contributed by atoms with Crippen molar-refractivity contribution in [1.29, 1.82) is 0 Å². The van der Waals surface area contributed by atoms with Gasteiger partial charge in [0, 0.05) is 19.7 Å². The highest BCUT2D eigenvalue weighted by Gasteiger charge is 2.06. The number of halogens is 2. The Kier molecular flexibility index (Phi) is 11.8. The van der Waals surface area contributed by atoms with E-state index < -0.39 is 0 Å². The van der Waals surface area contributed by atoms with Crippen molar-refractivity contribution in [3.63, 3.8) is 0 Å². The molecule has 3 N–H and O–H groups in total. The van der Waals surface area contributed by atoms with Crippen LogP contribution in [0.2, 0.25) is 0 Å². The third-order valence-electron chi connectivity index (χ3n) is 2.92. The molecule has 7 heteroatoms. The molecule has 0 radical (unpaired) electrons. The summed E-state index contributed by atoms with van der Waals surface area (Å²) < 4.78 is 18.5. The van der Waals surface area contributed by atoms with Crippen molar-refractivity contribution < 1.29 is 14.2 Å². The number of ether oxygens (including phenoxy) is 1. The third-order valence-corrected chi connectivity index (χ3v) is 2.92. The maximum Gasteiger partial charge on any atom is 0.191 e. The first-order valence-corrected chi connectivity index (χ1v) is 7.60. The molecule has 0 aliphatic rings. The number of aliphatic hydroxyl groups is 1. The van der Waals surface area contributed by atoms with E-state index >= 15 is 0 Å². The van der Waals surface area contributed by atoms with Gasteiger partial charge in [-0.25, -0.2) is 4.39 Å². The molecule has 132 valence electrons. The molecule has 0 aromatic heterocycles. The van der Waals surface area contributed by atoms with Crippen molar-refractivity contribution in [3.8, 4) is 5.75 Å². The fraction of sp³-hybridized carbons (Fsp3) is 0.562. The van der Waals surface area contributed by atoms with Gasteiger partial charge in [-0.15, -0.1) is 24.0 Å². The Morgan fingerprint density at radius 1 is 1.26 bits per heavy atom. The molecule has 23 heavy (non-hydrogen) atoms. The second-order valence-corrected chi connectivity index (χ2v) is 5.27. The standard InChI is InChI=1S/C16H26FN3O2.HI/c1-4-18-16(19-9-12(2)11-21)20-10-13(3)22-15-7-5-14(17)6-8-15;/h5-8,12-13,21H,4,9-11H2,1-3H3,(H2,18,19,20);1H.